The zero-order valence-electron chi connectivity index (χ0n) is 9.62. The van der Waals surface area contributed by atoms with Gasteiger partial charge in [-0.05, 0) is 32.1 Å². The van der Waals surface area contributed by atoms with Crippen molar-refractivity contribution in [3.8, 4) is 0 Å². The van der Waals surface area contributed by atoms with Crippen molar-refractivity contribution in [1.82, 2.24) is 5.32 Å². The largest absolute Gasteiger partial charge is 0.391 e. The van der Waals surface area contributed by atoms with Gasteiger partial charge in [0.05, 0.1) is 11.6 Å². The predicted octanol–water partition coefficient (Wildman–Crippen LogP) is 0.391. The topological polar surface area (TPSA) is 75.4 Å². The van der Waals surface area contributed by atoms with Crippen LogP contribution in [0.5, 0.6) is 0 Å². The third kappa shape index (κ3) is 3.80. The Labute approximate surface area is 91.2 Å². The smallest absolute Gasteiger partial charge is 0.239 e. The molecule has 0 aliphatic heterocycles. The van der Waals surface area contributed by atoms with Gasteiger partial charge in [-0.2, -0.15) is 0 Å². The van der Waals surface area contributed by atoms with Gasteiger partial charge >= 0.3 is 0 Å². The Morgan fingerprint density at radius 3 is 2.73 bits per heavy atom. The molecule has 0 aromatic heterocycles. The highest BCUT2D eigenvalue weighted by Gasteiger charge is 2.32. The van der Waals surface area contributed by atoms with Crippen LogP contribution in [-0.4, -0.2) is 29.2 Å². The van der Waals surface area contributed by atoms with Crippen molar-refractivity contribution in [2.24, 2.45) is 11.7 Å². The van der Waals surface area contributed by atoms with Crippen molar-refractivity contribution in [2.75, 3.05) is 6.54 Å². The molecule has 1 fully saturated rings. The van der Waals surface area contributed by atoms with Gasteiger partial charge in [0.15, 0.2) is 0 Å². The van der Waals surface area contributed by atoms with Crippen molar-refractivity contribution >= 4 is 5.91 Å². The van der Waals surface area contributed by atoms with Crippen LogP contribution in [0.25, 0.3) is 0 Å². The van der Waals surface area contributed by atoms with E-state index in [1.165, 1.54) is 0 Å². The van der Waals surface area contributed by atoms with Crippen LogP contribution in [0.3, 0.4) is 0 Å². The highest BCUT2D eigenvalue weighted by atomic mass is 16.3. The summed E-state index contributed by atoms with van der Waals surface area (Å²) in [6, 6.07) is 0. The van der Waals surface area contributed by atoms with Gasteiger partial charge < -0.3 is 16.2 Å². The van der Waals surface area contributed by atoms with Crippen molar-refractivity contribution in [1.29, 1.82) is 0 Å². The summed E-state index contributed by atoms with van der Waals surface area (Å²) < 4.78 is 0. The highest BCUT2D eigenvalue weighted by molar-refractivity contribution is 5.85. The molecule has 1 amide bonds. The molecule has 0 radical (unpaired) electrons. The molecule has 0 saturated heterocycles. The molecule has 1 saturated carbocycles. The number of nitrogens with two attached hydrogens (primary N) is 1. The van der Waals surface area contributed by atoms with Crippen LogP contribution in [0, 0.1) is 5.92 Å². The second-order valence-electron chi connectivity index (χ2n) is 4.78. The minimum atomic E-state index is -0.808. The number of hydrogen-bond acceptors (Lipinski definition) is 3. The molecule has 2 atom stereocenters. The highest BCUT2D eigenvalue weighted by Crippen LogP contribution is 2.32. The van der Waals surface area contributed by atoms with Crippen molar-refractivity contribution in [3.05, 3.63) is 0 Å². The van der Waals surface area contributed by atoms with Crippen LogP contribution < -0.4 is 11.1 Å². The second kappa shape index (κ2) is 4.94. The predicted molar refractivity (Wildman–Crippen MR) is 59.2 cm³/mol. The zero-order valence-corrected chi connectivity index (χ0v) is 9.62. The van der Waals surface area contributed by atoms with E-state index in [0.717, 1.165) is 19.3 Å². The molecule has 1 rings (SSSR count). The van der Waals surface area contributed by atoms with Gasteiger partial charge in [0.1, 0.15) is 0 Å². The molecule has 0 bridgehead atoms. The van der Waals surface area contributed by atoms with Crippen LogP contribution in [0.2, 0.25) is 0 Å². The van der Waals surface area contributed by atoms with Crippen molar-refractivity contribution < 1.29 is 9.90 Å². The molecule has 0 aromatic rings. The summed E-state index contributed by atoms with van der Waals surface area (Å²) in [5, 5.41) is 12.3. The molecule has 4 N–H and O–H groups in total. The van der Waals surface area contributed by atoms with E-state index in [0.29, 0.717) is 18.9 Å². The first-order valence-electron chi connectivity index (χ1n) is 5.72. The first-order chi connectivity index (χ1) is 6.97. The summed E-state index contributed by atoms with van der Waals surface area (Å²) in [7, 11) is 0. The van der Waals surface area contributed by atoms with Crippen LogP contribution in [0.1, 0.15) is 39.5 Å². The number of carbonyl (C=O) groups excluding carboxylic acids is 1. The molecule has 2 unspecified atom stereocenters. The summed E-state index contributed by atoms with van der Waals surface area (Å²) in [4.78, 5) is 11.7. The Bertz CT molecular complexity index is 225. The Morgan fingerprint density at radius 1 is 1.67 bits per heavy atom. The molecule has 1 aliphatic carbocycles. The molecule has 0 aromatic carbocycles. The molecule has 4 nitrogen and oxygen atoms in total. The van der Waals surface area contributed by atoms with Gasteiger partial charge in [0.2, 0.25) is 5.91 Å². The molecule has 0 heterocycles. The molecule has 88 valence electrons. The van der Waals surface area contributed by atoms with E-state index in [1.807, 2.05) is 6.92 Å². The van der Waals surface area contributed by atoms with E-state index in [9.17, 15) is 9.90 Å². The molecule has 4 heteroatoms. The minimum Gasteiger partial charge on any atom is -0.391 e. The van der Waals surface area contributed by atoms with Gasteiger partial charge in [0, 0.05) is 6.54 Å². The van der Waals surface area contributed by atoms with E-state index in [4.69, 9.17) is 5.73 Å². The fourth-order valence-corrected chi connectivity index (χ4v) is 1.68. The Balaban J connectivity index is 2.27. The lowest BCUT2D eigenvalue weighted by atomic mass is 9.96. The van der Waals surface area contributed by atoms with E-state index in [-0.39, 0.29) is 5.91 Å². The third-order valence-electron chi connectivity index (χ3n) is 2.93. The standard InChI is InChI=1S/C11H22N2O2/c1-3-6-11(2,12)10(15)13-7-9(14)8-4-5-8/h8-9,14H,3-7,12H2,1-2H3,(H,13,15). The van der Waals surface area contributed by atoms with E-state index >= 15 is 0 Å². The molecule has 15 heavy (non-hydrogen) atoms. The zero-order chi connectivity index (χ0) is 11.5. The number of aliphatic hydroxyl groups is 1. The lowest BCUT2D eigenvalue weighted by Crippen LogP contribution is -2.53. The summed E-state index contributed by atoms with van der Waals surface area (Å²) >= 11 is 0. The fraction of sp³-hybridized carbons (Fsp3) is 0.909. The van der Waals surface area contributed by atoms with Crippen LogP contribution in [-0.2, 0) is 4.79 Å². The minimum absolute atomic E-state index is 0.163. The van der Waals surface area contributed by atoms with Crippen LogP contribution in [0.15, 0.2) is 0 Å². The molecular formula is C11H22N2O2. The number of nitrogens with one attached hydrogen (secondary N) is 1. The van der Waals surface area contributed by atoms with E-state index < -0.39 is 11.6 Å². The number of amides is 1. The fourth-order valence-electron chi connectivity index (χ4n) is 1.68. The van der Waals surface area contributed by atoms with Gasteiger partial charge in [-0.15, -0.1) is 0 Å². The lowest BCUT2D eigenvalue weighted by Gasteiger charge is -2.23. The van der Waals surface area contributed by atoms with Crippen molar-refractivity contribution in [2.45, 2.75) is 51.2 Å². The van der Waals surface area contributed by atoms with E-state index in [2.05, 4.69) is 5.32 Å². The number of hydrogen-bond donors (Lipinski definition) is 3. The summed E-state index contributed by atoms with van der Waals surface area (Å²) in [6.07, 6.45) is 3.30. The maximum absolute atomic E-state index is 11.7. The van der Waals surface area contributed by atoms with Gasteiger partial charge in [-0.3, -0.25) is 4.79 Å². The summed E-state index contributed by atoms with van der Waals surface area (Å²) in [6.45, 7) is 4.06. The quantitative estimate of drug-likeness (QED) is 0.599. The third-order valence-corrected chi connectivity index (χ3v) is 2.93. The Hall–Kier alpha value is -0.610. The Kier molecular flexibility index (Phi) is 4.11. The van der Waals surface area contributed by atoms with E-state index in [1.54, 1.807) is 6.92 Å². The van der Waals surface area contributed by atoms with Crippen LogP contribution in [0.4, 0.5) is 0 Å². The monoisotopic (exact) mass is 214 g/mol. The normalized spacial score (nSPS) is 21.9. The first kappa shape index (κ1) is 12.5. The molecule has 0 spiro atoms. The summed E-state index contributed by atoms with van der Waals surface area (Å²) in [5.74, 6) is 0.226. The second-order valence-corrected chi connectivity index (χ2v) is 4.78. The van der Waals surface area contributed by atoms with Crippen molar-refractivity contribution in [3.63, 3.8) is 0 Å². The lowest BCUT2D eigenvalue weighted by molar-refractivity contribution is -0.126. The van der Waals surface area contributed by atoms with Gasteiger partial charge in [0.25, 0.3) is 0 Å². The average molecular weight is 214 g/mol. The maximum Gasteiger partial charge on any atom is 0.239 e. The number of carbonyl (C=O) groups is 1. The molecular weight excluding hydrogens is 192 g/mol. The average Bonchev–Trinajstić information content (AvgIpc) is 2.96. The number of rotatable bonds is 6. The van der Waals surface area contributed by atoms with Gasteiger partial charge in [-0.25, -0.2) is 0 Å². The maximum atomic E-state index is 11.7. The Morgan fingerprint density at radius 2 is 2.27 bits per heavy atom. The van der Waals surface area contributed by atoms with Gasteiger partial charge in [-0.1, -0.05) is 13.3 Å². The number of aliphatic hydroxyl groups excluding tert-OH is 1. The SMILES string of the molecule is CCCC(C)(N)C(=O)NCC(O)C1CC1. The van der Waals surface area contributed by atoms with Crippen LogP contribution >= 0.6 is 0 Å². The summed E-state index contributed by atoms with van der Waals surface area (Å²) in [5.41, 5.74) is 5.05. The first-order valence-corrected chi connectivity index (χ1v) is 5.72. The molecule has 1 aliphatic rings.